The maximum absolute atomic E-state index is 11.8. The van der Waals surface area contributed by atoms with Crippen LogP contribution in [0.2, 0.25) is 11.3 Å². The molecule has 5 nitrogen and oxygen atoms in total. The third-order valence-corrected chi connectivity index (χ3v) is 4.85. The third kappa shape index (κ3) is 2.88. The molecule has 0 bridgehead atoms. The largest absolute Gasteiger partial charge is 0.481 e. The molecule has 0 amide bonds. The van der Waals surface area contributed by atoms with Crippen LogP contribution in [0.15, 0.2) is 12.1 Å². The van der Waals surface area contributed by atoms with Gasteiger partial charge in [-0.25, -0.2) is 0 Å². The summed E-state index contributed by atoms with van der Waals surface area (Å²) in [5, 5.41) is 28.0. The highest BCUT2D eigenvalue weighted by atomic mass is 35.5. The molecule has 5 N–H and O–H groups in total. The Labute approximate surface area is 128 Å². The summed E-state index contributed by atoms with van der Waals surface area (Å²) in [4.78, 5) is 11.8. The van der Waals surface area contributed by atoms with Gasteiger partial charge in [-0.3, -0.25) is 4.79 Å². The summed E-state index contributed by atoms with van der Waals surface area (Å²) in [7, 11) is -1.35. The molecular weight excluding hydrogens is 292 g/mol. The van der Waals surface area contributed by atoms with Gasteiger partial charge in [-0.1, -0.05) is 18.0 Å². The van der Waals surface area contributed by atoms with Crippen LogP contribution in [0.4, 0.5) is 5.69 Å². The second-order valence-corrected chi connectivity index (χ2v) is 6.26. The summed E-state index contributed by atoms with van der Waals surface area (Å²) in [5.74, 6) is -1.00. The number of hydrogen-bond donors (Lipinski definition) is 4. The molecular formula is C14H19BClNO4. The maximum atomic E-state index is 11.8. The average molecular weight is 312 g/mol. The van der Waals surface area contributed by atoms with E-state index in [-0.39, 0.29) is 12.2 Å². The number of halogens is 1. The highest BCUT2D eigenvalue weighted by Gasteiger charge is 2.48. The molecule has 0 radical (unpaired) electrons. The fraction of sp³-hybridized carbons (Fsp3) is 0.500. The van der Waals surface area contributed by atoms with Crippen molar-refractivity contribution in [2.24, 2.45) is 5.92 Å². The second-order valence-electron chi connectivity index (χ2n) is 5.85. The number of nitrogen functional groups attached to an aromatic ring is 1. The van der Waals surface area contributed by atoms with Crippen molar-refractivity contribution < 1.29 is 19.9 Å². The van der Waals surface area contributed by atoms with Gasteiger partial charge >= 0.3 is 13.1 Å². The van der Waals surface area contributed by atoms with Gasteiger partial charge < -0.3 is 20.9 Å². The van der Waals surface area contributed by atoms with Gasteiger partial charge in [0.25, 0.3) is 0 Å². The van der Waals surface area contributed by atoms with E-state index in [0.29, 0.717) is 35.5 Å². The van der Waals surface area contributed by atoms with E-state index in [2.05, 4.69) is 0 Å². The fourth-order valence-corrected chi connectivity index (χ4v) is 3.39. The van der Waals surface area contributed by atoms with Crippen LogP contribution in [0.1, 0.15) is 30.9 Å². The molecule has 7 heteroatoms. The summed E-state index contributed by atoms with van der Waals surface area (Å²) in [6.07, 6.45) is 2.01. The Hall–Kier alpha value is -1.24. The predicted octanol–water partition coefficient (Wildman–Crippen LogP) is 1.69. The first-order chi connectivity index (χ1) is 9.76. The van der Waals surface area contributed by atoms with Crippen LogP contribution in [-0.2, 0) is 16.6 Å². The topological polar surface area (TPSA) is 104 Å². The molecule has 1 aromatic carbocycles. The molecule has 2 rings (SSSR count). The number of aliphatic carboxylic acids is 1. The van der Waals surface area contributed by atoms with Gasteiger partial charge in [0.1, 0.15) is 0 Å². The number of rotatable bonds is 5. The van der Waals surface area contributed by atoms with Crippen LogP contribution < -0.4 is 5.73 Å². The summed E-state index contributed by atoms with van der Waals surface area (Å²) < 4.78 is 0. The van der Waals surface area contributed by atoms with E-state index < -0.39 is 18.5 Å². The van der Waals surface area contributed by atoms with Crippen molar-refractivity contribution in [3.05, 3.63) is 28.3 Å². The fourth-order valence-electron chi connectivity index (χ4n) is 3.20. The lowest BCUT2D eigenvalue weighted by Gasteiger charge is -2.28. The summed E-state index contributed by atoms with van der Waals surface area (Å²) in [6, 6.07) is 3.40. The SMILES string of the molecule is C[C@@]1(C(=O)O)c2cc(N)c(Cl)cc2C[C@@H]1CCCB(O)O. The number of benzene rings is 1. The summed E-state index contributed by atoms with van der Waals surface area (Å²) >= 11 is 6.02. The third-order valence-electron chi connectivity index (χ3n) is 4.52. The van der Waals surface area contributed by atoms with Crippen molar-refractivity contribution in [2.75, 3.05) is 5.73 Å². The molecule has 1 aliphatic carbocycles. The lowest BCUT2D eigenvalue weighted by molar-refractivity contribution is -0.145. The zero-order valence-electron chi connectivity index (χ0n) is 11.8. The lowest BCUT2D eigenvalue weighted by Crippen LogP contribution is -2.37. The monoisotopic (exact) mass is 311 g/mol. The van der Waals surface area contributed by atoms with Crippen molar-refractivity contribution in [1.82, 2.24) is 0 Å². The van der Waals surface area contributed by atoms with E-state index in [0.717, 1.165) is 5.56 Å². The molecule has 0 saturated carbocycles. The van der Waals surface area contributed by atoms with E-state index in [1.807, 2.05) is 0 Å². The second kappa shape index (κ2) is 5.87. The zero-order chi connectivity index (χ0) is 15.8. The molecule has 0 aliphatic heterocycles. The minimum atomic E-state index is -1.35. The molecule has 0 spiro atoms. The van der Waals surface area contributed by atoms with Gasteiger partial charge in [0, 0.05) is 0 Å². The van der Waals surface area contributed by atoms with Crippen LogP contribution in [-0.4, -0.2) is 28.2 Å². The Kier molecular flexibility index (Phi) is 4.51. The van der Waals surface area contributed by atoms with Gasteiger partial charge in [0.2, 0.25) is 0 Å². The first-order valence-corrected chi connectivity index (χ1v) is 7.32. The number of anilines is 1. The first kappa shape index (κ1) is 16.1. The molecule has 0 heterocycles. The maximum Gasteiger partial charge on any atom is 0.451 e. The molecule has 1 aliphatic rings. The first-order valence-electron chi connectivity index (χ1n) is 6.94. The number of nitrogens with two attached hydrogens (primary N) is 1. The predicted molar refractivity (Wildman–Crippen MR) is 82.3 cm³/mol. The van der Waals surface area contributed by atoms with E-state index in [9.17, 15) is 9.90 Å². The van der Waals surface area contributed by atoms with E-state index in [1.54, 1.807) is 19.1 Å². The number of hydrogen-bond acceptors (Lipinski definition) is 4. The van der Waals surface area contributed by atoms with Gasteiger partial charge in [0.05, 0.1) is 16.1 Å². The number of fused-ring (bicyclic) bond motifs is 1. The van der Waals surface area contributed by atoms with Gasteiger partial charge in [0.15, 0.2) is 0 Å². The minimum absolute atomic E-state index is 0.110. The van der Waals surface area contributed by atoms with Gasteiger partial charge in [-0.05, 0) is 55.3 Å². The van der Waals surface area contributed by atoms with Crippen LogP contribution in [0.5, 0.6) is 0 Å². The Balaban J connectivity index is 2.31. The van der Waals surface area contributed by atoms with Gasteiger partial charge in [-0.15, -0.1) is 0 Å². The molecule has 2 atom stereocenters. The highest BCUT2D eigenvalue weighted by Crippen LogP contribution is 2.47. The molecule has 0 fully saturated rings. The van der Waals surface area contributed by atoms with Crippen molar-refractivity contribution in [3.63, 3.8) is 0 Å². The van der Waals surface area contributed by atoms with E-state index >= 15 is 0 Å². The van der Waals surface area contributed by atoms with Crippen LogP contribution in [0.3, 0.4) is 0 Å². The number of carboxylic acids is 1. The molecule has 0 unspecified atom stereocenters. The molecule has 21 heavy (non-hydrogen) atoms. The van der Waals surface area contributed by atoms with Crippen molar-refractivity contribution in [1.29, 1.82) is 0 Å². The number of carboxylic acid groups (broad SMARTS) is 1. The molecule has 0 aromatic heterocycles. The standard InChI is InChI=1S/C14H19BClNO4/c1-14(13(18)19)9(3-2-4-15(20)21)5-8-6-11(16)12(17)7-10(8)14/h6-7,9,20-21H,2-5,17H2,1H3,(H,18,19)/t9-,14-/m0/s1. The van der Waals surface area contributed by atoms with Crippen molar-refractivity contribution in [3.8, 4) is 0 Å². The Morgan fingerprint density at radius 2 is 2.19 bits per heavy atom. The van der Waals surface area contributed by atoms with Crippen LogP contribution in [0.25, 0.3) is 0 Å². The van der Waals surface area contributed by atoms with Crippen molar-refractivity contribution in [2.45, 2.75) is 37.9 Å². The lowest BCUT2D eigenvalue weighted by atomic mass is 9.72. The normalized spacial score (nSPS) is 23.9. The Bertz CT molecular complexity index is 566. The Morgan fingerprint density at radius 3 is 2.76 bits per heavy atom. The zero-order valence-corrected chi connectivity index (χ0v) is 12.6. The quantitative estimate of drug-likeness (QED) is 0.489. The average Bonchev–Trinajstić information content (AvgIpc) is 2.65. The highest BCUT2D eigenvalue weighted by molar-refractivity contribution is 6.40. The van der Waals surface area contributed by atoms with Crippen LogP contribution >= 0.6 is 11.6 Å². The number of carbonyl (C=O) groups is 1. The molecule has 114 valence electrons. The van der Waals surface area contributed by atoms with E-state index in [4.69, 9.17) is 27.4 Å². The van der Waals surface area contributed by atoms with Crippen molar-refractivity contribution >= 4 is 30.4 Å². The summed E-state index contributed by atoms with van der Waals surface area (Å²) in [5.41, 5.74) is 6.80. The summed E-state index contributed by atoms with van der Waals surface area (Å²) in [6.45, 7) is 1.70. The van der Waals surface area contributed by atoms with E-state index in [1.165, 1.54) is 0 Å². The molecule has 0 saturated heterocycles. The minimum Gasteiger partial charge on any atom is -0.481 e. The Morgan fingerprint density at radius 1 is 1.52 bits per heavy atom. The van der Waals surface area contributed by atoms with Crippen LogP contribution in [0, 0.1) is 5.92 Å². The molecule has 1 aromatic rings. The van der Waals surface area contributed by atoms with Gasteiger partial charge in [-0.2, -0.15) is 0 Å². The smallest absolute Gasteiger partial charge is 0.451 e.